The van der Waals surface area contributed by atoms with Crippen molar-refractivity contribution in [2.45, 2.75) is 31.6 Å². The Balaban J connectivity index is 2.43. The Morgan fingerprint density at radius 1 is 1.25 bits per heavy atom. The molecule has 0 heterocycles. The van der Waals surface area contributed by atoms with Gasteiger partial charge >= 0.3 is 5.97 Å². The van der Waals surface area contributed by atoms with Gasteiger partial charge < -0.3 is 10.4 Å². The van der Waals surface area contributed by atoms with Gasteiger partial charge in [0.1, 0.15) is 0 Å². The molecule has 4 heteroatoms. The fraction of sp³-hybridized carbons (Fsp3) is 0.375. The highest BCUT2D eigenvalue weighted by atomic mass is 16.4. The molecule has 0 saturated heterocycles. The molecule has 0 aliphatic heterocycles. The molecule has 0 fully saturated rings. The standard InChI is InChI=1S/C16H19NO3/c1-2-3-4-8-11-15(18)17-12-14(16(19)20)13-9-6-5-7-10-13/h1,5-7,9-10,14H,3-4,8,11-12H2,(H,17,18)(H,19,20). The Morgan fingerprint density at radius 3 is 2.55 bits per heavy atom. The number of carboxylic acid groups (broad SMARTS) is 1. The summed E-state index contributed by atoms with van der Waals surface area (Å²) in [5.74, 6) is 0.726. The number of aliphatic carboxylic acids is 1. The molecule has 1 aromatic carbocycles. The first kappa shape index (κ1) is 15.8. The molecule has 1 amide bonds. The Labute approximate surface area is 119 Å². The highest BCUT2D eigenvalue weighted by molar-refractivity contribution is 5.79. The van der Waals surface area contributed by atoms with E-state index in [1.54, 1.807) is 24.3 Å². The van der Waals surface area contributed by atoms with Gasteiger partial charge in [0.05, 0.1) is 5.92 Å². The lowest BCUT2D eigenvalue weighted by atomic mass is 9.99. The van der Waals surface area contributed by atoms with Crippen LogP contribution in [0, 0.1) is 12.3 Å². The van der Waals surface area contributed by atoms with Gasteiger partial charge in [0.25, 0.3) is 0 Å². The second-order valence-corrected chi connectivity index (χ2v) is 4.52. The van der Waals surface area contributed by atoms with E-state index < -0.39 is 11.9 Å². The Morgan fingerprint density at radius 2 is 1.95 bits per heavy atom. The number of rotatable bonds is 8. The average molecular weight is 273 g/mol. The molecule has 20 heavy (non-hydrogen) atoms. The van der Waals surface area contributed by atoms with E-state index in [-0.39, 0.29) is 12.5 Å². The van der Waals surface area contributed by atoms with E-state index in [1.807, 2.05) is 6.07 Å². The van der Waals surface area contributed by atoms with E-state index in [0.717, 1.165) is 12.8 Å². The summed E-state index contributed by atoms with van der Waals surface area (Å²) in [4.78, 5) is 22.8. The first-order chi connectivity index (χ1) is 9.65. The van der Waals surface area contributed by atoms with Crippen LogP contribution in [0.15, 0.2) is 30.3 Å². The first-order valence-corrected chi connectivity index (χ1v) is 6.63. The average Bonchev–Trinajstić information content (AvgIpc) is 2.44. The van der Waals surface area contributed by atoms with E-state index in [9.17, 15) is 14.7 Å². The Hall–Kier alpha value is -2.28. The van der Waals surface area contributed by atoms with Crippen LogP contribution in [0.25, 0.3) is 0 Å². The van der Waals surface area contributed by atoms with Gasteiger partial charge in [0.2, 0.25) is 5.91 Å². The second kappa shape index (κ2) is 8.76. The third-order valence-corrected chi connectivity index (χ3v) is 2.98. The SMILES string of the molecule is C#CCCCCC(=O)NCC(C(=O)O)c1ccccc1. The fourth-order valence-electron chi connectivity index (χ4n) is 1.85. The number of carbonyl (C=O) groups is 2. The zero-order chi connectivity index (χ0) is 14.8. The number of terminal acetylenes is 1. The lowest BCUT2D eigenvalue weighted by molar-refractivity contribution is -0.138. The van der Waals surface area contributed by atoms with Gasteiger partial charge in [-0.1, -0.05) is 30.3 Å². The topological polar surface area (TPSA) is 66.4 Å². The molecule has 1 unspecified atom stereocenters. The van der Waals surface area contributed by atoms with Crippen LogP contribution in [0.2, 0.25) is 0 Å². The molecule has 1 aromatic rings. The number of carbonyl (C=O) groups excluding carboxylic acids is 1. The molecule has 0 spiro atoms. The lowest BCUT2D eigenvalue weighted by Crippen LogP contribution is -2.31. The third-order valence-electron chi connectivity index (χ3n) is 2.98. The van der Waals surface area contributed by atoms with Crippen molar-refractivity contribution in [3.8, 4) is 12.3 Å². The summed E-state index contributed by atoms with van der Waals surface area (Å²) in [7, 11) is 0. The van der Waals surface area contributed by atoms with Gasteiger partial charge in [-0.25, -0.2) is 0 Å². The predicted molar refractivity (Wildman–Crippen MR) is 77.1 cm³/mol. The van der Waals surface area contributed by atoms with Crippen molar-refractivity contribution in [2.75, 3.05) is 6.54 Å². The summed E-state index contributed by atoms with van der Waals surface area (Å²) >= 11 is 0. The number of hydrogen-bond acceptors (Lipinski definition) is 2. The third kappa shape index (κ3) is 5.57. The van der Waals surface area contributed by atoms with Gasteiger partial charge in [-0.15, -0.1) is 12.3 Å². The first-order valence-electron chi connectivity index (χ1n) is 6.63. The van der Waals surface area contributed by atoms with E-state index >= 15 is 0 Å². The van der Waals surface area contributed by atoms with Crippen LogP contribution in [0.4, 0.5) is 0 Å². The van der Waals surface area contributed by atoms with Crippen LogP contribution in [0.5, 0.6) is 0 Å². The highest BCUT2D eigenvalue weighted by Gasteiger charge is 2.20. The van der Waals surface area contributed by atoms with Crippen molar-refractivity contribution in [3.05, 3.63) is 35.9 Å². The van der Waals surface area contributed by atoms with Crippen molar-refractivity contribution < 1.29 is 14.7 Å². The summed E-state index contributed by atoms with van der Waals surface area (Å²) in [6.45, 7) is 0.104. The van der Waals surface area contributed by atoms with Crippen molar-refractivity contribution in [1.29, 1.82) is 0 Å². The zero-order valence-corrected chi connectivity index (χ0v) is 11.3. The number of nitrogens with one attached hydrogen (secondary N) is 1. The minimum absolute atomic E-state index is 0.104. The summed E-state index contributed by atoms with van der Waals surface area (Å²) in [5, 5.41) is 11.9. The van der Waals surface area contributed by atoms with Crippen LogP contribution in [0.3, 0.4) is 0 Å². The van der Waals surface area contributed by atoms with Gasteiger partial charge in [0.15, 0.2) is 0 Å². The number of unbranched alkanes of at least 4 members (excludes halogenated alkanes) is 2. The molecule has 2 N–H and O–H groups in total. The van der Waals surface area contributed by atoms with Gasteiger partial charge in [-0.05, 0) is 18.4 Å². The fourth-order valence-corrected chi connectivity index (χ4v) is 1.85. The molecular weight excluding hydrogens is 254 g/mol. The Kier molecular flexibility index (Phi) is 6.91. The number of benzene rings is 1. The molecule has 106 valence electrons. The van der Waals surface area contributed by atoms with Crippen LogP contribution in [0.1, 0.15) is 37.2 Å². The Bertz CT molecular complexity index is 476. The molecule has 0 bridgehead atoms. The highest BCUT2D eigenvalue weighted by Crippen LogP contribution is 2.14. The van der Waals surface area contributed by atoms with E-state index in [1.165, 1.54) is 0 Å². The second-order valence-electron chi connectivity index (χ2n) is 4.52. The zero-order valence-electron chi connectivity index (χ0n) is 11.3. The van der Waals surface area contributed by atoms with Crippen LogP contribution in [-0.4, -0.2) is 23.5 Å². The van der Waals surface area contributed by atoms with E-state index in [0.29, 0.717) is 18.4 Å². The molecule has 1 atom stereocenters. The maximum atomic E-state index is 11.6. The molecule has 0 aliphatic rings. The summed E-state index contributed by atoms with van der Waals surface area (Å²) in [6, 6.07) is 8.89. The quantitative estimate of drug-likeness (QED) is 0.563. The molecule has 0 aliphatic carbocycles. The molecular formula is C16H19NO3. The number of hydrogen-bond donors (Lipinski definition) is 2. The van der Waals surface area contributed by atoms with Crippen LogP contribution in [-0.2, 0) is 9.59 Å². The number of amides is 1. The monoisotopic (exact) mass is 273 g/mol. The summed E-state index contributed by atoms with van der Waals surface area (Å²) in [6.07, 6.45) is 7.70. The van der Waals surface area contributed by atoms with Gasteiger partial charge in [-0.2, -0.15) is 0 Å². The van der Waals surface area contributed by atoms with Crippen molar-refractivity contribution in [1.82, 2.24) is 5.32 Å². The lowest BCUT2D eigenvalue weighted by Gasteiger charge is -2.13. The normalized spacial score (nSPS) is 11.3. The van der Waals surface area contributed by atoms with Crippen molar-refractivity contribution in [2.24, 2.45) is 0 Å². The molecule has 0 aromatic heterocycles. The summed E-state index contributed by atoms with van der Waals surface area (Å²) in [5.41, 5.74) is 0.688. The van der Waals surface area contributed by atoms with E-state index in [2.05, 4.69) is 11.2 Å². The maximum Gasteiger partial charge on any atom is 0.312 e. The minimum Gasteiger partial charge on any atom is -0.481 e. The molecule has 0 saturated carbocycles. The van der Waals surface area contributed by atoms with Gasteiger partial charge in [-0.3, -0.25) is 9.59 Å². The number of carboxylic acids is 1. The minimum atomic E-state index is -0.941. The van der Waals surface area contributed by atoms with Crippen molar-refractivity contribution >= 4 is 11.9 Å². The van der Waals surface area contributed by atoms with Gasteiger partial charge in [0, 0.05) is 19.4 Å². The van der Waals surface area contributed by atoms with Crippen LogP contribution >= 0.6 is 0 Å². The molecule has 0 radical (unpaired) electrons. The molecule has 1 rings (SSSR count). The van der Waals surface area contributed by atoms with Crippen LogP contribution < -0.4 is 5.32 Å². The maximum absolute atomic E-state index is 11.6. The van der Waals surface area contributed by atoms with E-state index in [4.69, 9.17) is 6.42 Å². The largest absolute Gasteiger partial charge is 0.481 e. The van der Waals surface area contributed by atoms with Crippen molar-refractivity contribution in [3.63, 3.8) is 0 Å². The molecule has 4 nitrogen and oxygen atoms in total. The summed E-state index contributed by atoms with van der Waals surface area (Å²) < 4.78 is 0. The predicted octanol–water partition coefficient (Wildman–Crippen LogP) is 2.16. The smallest absolute Gasteiger partial charge is 0.312 e.